The molecule has 0 amide bonds. The van der Waals surface area contributed by atoms with E-state index in [2.05, 4.69) is 43.3 Å². The zero-order valence-electron chi connectivity index (χ0n) is 17.7. The molecule has 8 heteroatoms. The van der Waals surface area contributed by atoms with E-state index in [1.54, 1.807) is 0 Å². The number of hydrogen-bond acceptors (Lipinski definition) is 5. The Bertz CT molecular complexity index is 1410. The lowest BCUT2D eigenvalue weighted by molar-refractivity contribution is 0.171. The van der Waals surface area contributed by atoms with Gasteiger partial charge in [0, 0.05) is 36.0 Å². The fourth-order valence-electron chi connectivity index (χ4n) is 3.59. The Morgan fingerprint density at radius 2 is 1.34 bits per heavy atom. The predicted molar refractivity (Wildman–Crippen MR) is 130 cm³/mol. The van der Waals surface area contributed by atoms with Crippen LogP contribution in [0.25, 0.3) is 22.1 Å². The Kier molecular flexibility index (Phi) is 5.45. The van der Waals surface area contributed by atoms with Gasteiger partial charge in [-0.1, -0.05) is 15.9 Å². The number of fused-ring (bicyclic) bond motifs is 3. The zero-order valence-corrected chi connectivity index (χ0v) is 19.3. The number of nitrogens with zero attached hydrogens (tertiary/aromatic N) is 4. The van der Waals surface area contributed by atoms with Gasteiger partial charge in [0.25, 0.3) is 0 Å². The van der Waals surface area contributed by atoms with E-state index in [1.165, 1.54) is 0 Å². The SMILES string of the molecule is Cn1cnc2ccc(Br)cc21.Cn1cnc2ccc(Nc3ccc4c(c3)OCCO4)cc21. The highest BCUT2D eigenvalue weighted by molar-refractivity contribution is 9.10. The van der Waals surface area contributed by atoms with Crippen LogP contribution >= 0.6 is 15.9 Å². The molecular formula is C24H22BrN5O2. The number of aromatic nitrogens is 4. The minimum Gasteiger partial charge on any atom is -0.486 e. The Labute approximate surface area is 193 Å². The van der Waals surface area contributed by atoms with Gasteiger partial charge in [-0.3, -0.25) is 0 Å². The molecule has 7 nitrogen and oxygen atoms in total. The van der Waals surface area contributed by atoms with E-state index >= 15 is 0 Å². The summed E-state index contributed by atoms with van der Waals surface area (Å²) in [5, 5.41) is 3.39. The monoisotopic (exact) mass is 491 g/mol. The highest BCUT2D eigenvalue weighted by Crippen LogP contribution is 2.34. The molecule has 5 aromatic rings. The fraction of sp³-hybridized carbons (Fsp3) is 0.167. The normalized spacial score (nSPS) is 12.5. The average molecular weight is 492 g/mol. The van der Waals surface area contributed by atoms with E-state index in [0.717, 1.165) is 49.4 Å². The van der Waals surface area contributed by atoms with Crippen molar-refractivity contribution >= 4 is 49.4 Å². The van der Waals surface area contributed by atoms with Gasteiger partial charge in [0.2, 0.25) is 0 Å². The summed E-state index contributed by atoms with van der Waals surface area (Å²) in [4.78, 5) is 8.52. The largest absolute Gasteiger partial charge is 0.486 e. The first-order valence-corrected chi connectivity index (χ1v) is 11.0. The Morgan fingerprint density at radius 1 is 0.750 bits per heavy atom. The van der Waals surface area contributed by atoms with Crippen molar-refractivity contribution in [3.8, 4) is 11.5 Å². The molecule has 0 atom stereocenters. The number of benzene rings is 3. The van der Waals surface area contributed by atoms with Crippen LogP contribution in [0.4, 0.5) is 11.4 Å². The minimum absolute atomic E-state index is 0.595. The first kappa shape index (κ1) is 20.4. The number of aryl methyl sites for hydroxylation is 2. The molecule has 162 valence electrons. The number of nitrogens with one attached hydrogen (secondary N) is 1. The van der Waals surface area contributed by atoms with E-state index in [4.69, 9.17) is 9.47 Å². The number of halogens is 1. The van der Waals surface area contributed by atoms with Crippen molar-refractivity contribution in [2.24, 2.45) is 14.1 Å². The third kappa shape index (κ3) is 4.13. The average Bonchev–Trinajstić information content (AvgIpc) is 3.36. The van der Waals surface area contributed by atoms with Gasteiger partial charge in [-0.15, -0.1) is 0 Å². The van der Waals surface area contributed by atoms with Crippen LogP contribution in [-0.2, 0) is 14.1 Å². The predicted octanol–water partition coefficient (Wildman–Crippen LogP) is 5.42. The van der Waals surface area contributed by atoms with Crippen LogP contribution in [0.1, 0.15) is 0 Å². The van der Waals surface area contributed by atoms with Crippen molar-refractivity contribution in [3.63, 3.8) is 0 Å². The van der Waals surface area contributed by atoms with Crippen LogP contribution in [0.2, 0.25) is 0 Å². The summed E-state index contributed by atoms with van der Waals surface area (Å²) in [5.41, 5.74) is 6.27. The standard InChI is InChI=1S/C16H15N3O2.C8H7BrN2/c1-19-10-17-13-4-2-11(8-14(13)19)18-12-3-5-15-16(9-12)21-7-6-20-15;1-11-5-10-7-3-2-6(9)4-8(7)11/h2-5,8-10,18H,6-7H2,1H3;2-5H,1H3. The number of imidazole rings is 2. The summed E-state index contributed by atoms with van der Waals surface area (Å²) >= 11 is 3.41. The molecule has 0 saturated carbocycles. The number of hydrogen-bond donors (Lipinski definition) is 1. The van der Waals surface area contributed by atoms with E-state index < -0.39 is 0 Å². The Morgan fingerprint density at radius 3 is 2.09 bits per heavy atom. The van der Waals surface area contributed by atoms with Gasteiger partial charge < -0.3 is 23.9 Å². The smallest absolute Gasteiger partial charge is 0.163 e. The molecule has 1 aliphatic rings. The molecule has 1 N–H and O–H groups in total. The van der Waals surface area contributed by atoms with E-state index in [1.807, 2.05) is 78.3 Å². The molecule has 2 aromatic heterocycles. The van der Waals surface area contributed by atoms with Crippen LogP contribution in [0.15, 0.2) is 71.7 Å². The quantitative estimate of drug-likeness (QED) is 0.356. The van der Waals surface area contributed by atoms with Gasteiger partial charge in [0.1, 0.15) is 13.2 Å². The lowest BCUT2D eigenvalue weighted by atomic mass is 10.2. The van der Waals surface area contributed by atoms with Crippen LogP contribution < -0.4 is 14.8 Å². The molecule has 0 saturated heterocycles. The maximum absolute atomic E-state index is 5.60. The summed E-state index contributed by atoms with van der Waals surface area (Å²) in [6, 6.07) is 18.0. The Hall–Kier alpha value is -3.52. The van der Waals surface area contributed by atoms with E-state index in [0.29, 0.717) is 13.2 Å². The Balaban J connectivity index is 0.000000165. The second-order valence-electron chi connectivity index (χ2n) is 7.53. The third-order valence-electron chi connectivity index (χ3n) is 5.24. The number of rotatable bonds is 2. The molecule has 32 heavy (non-hydrogen) atoms. The molecule has 0 aliphatic carbocycles. The van der Waals surface area contributed by atoms with Crippen molar-refractivity contribution < 1.29 is 9.47 Å². The van der Waals surface area contributed by atoms with Crippen molar-refractivity contribution in [2.75, 3.05) is 18.5 Å². The van der Waals surface area contributed by atoms with Crippen molar-refractivity contribution in [2.45, 2.75) is 0 Å². The molecule has 6 rings (SSSR count). The van der Waals surface area contributed by atoms with Gasteiger partial charge >= 0.3 is 0 Å². The van der Waals surface area contributed by atoms with E-state index in [9.17, 15) is 0 Å². The van der Waals surface area contributed by atoms with Gasteiger partial charge in [0.15, 0.2) is 11.5 Å². The van der Waals surface area contributed by atoms with Gasteiger partial charge in [-0.25, -0.2) is 9.97 Å². The third-order valence-corrected chi connectivity index (χ3v) is 5.74. The maximum Gasteiger partial charge on any atom is 0.163 e. The molecule has 0 spiro atoms. The van der Waals surface area contributed by atoms with Crippen LogP contribution in [0.5, 0.6) is 11.5 Å². The molecule has 1 aliphatic heterocycles. The molecule has 0 unspecified atom stereocenters. The van der Waals surface area contributed by atoms with E-state index in [-0.39, 0.29) is 0 Å². The molecule has 0 fully saturated rings. The molecular weight excluding hydrogens is 470 g/mol. The molecule has 0 bridgehead atoms. The molecule has 3 heterocycles. The lowest BCUT2D eigenvalue weighted by Crippen LogP contribution is -2.15. The fourth-order valence-corrected chi connectivity index (χ4v) is 3.94. The number of anilines is 2. The summed E-state index contributed by atoms with van der Waals surface area (Å²) in [6.07, 6.45) is 3.63. The second-order valence-corrected chi connectivity index (χ2v) is 8.45. The van der Waals surface area contributed by atoms with Gasteiger partial charge in [-0.05, 0) is 48.5 Å². The maximum atomic E-state index is 5.60. The van der Waals surface area contributed by atoms with Crippen LogP contribution in [-0.4, -0.2) is 32.3 Å². The van der Waals surface area contributed by atoms with Crippen LogP contribution in [0.3, 0.4) is 0 Å². The number of ether oxygens (including phenoxy) is 2. The van der Waals surface area contributed by atoms with Crippen molar-refractivity contribution in [1.29, 1.82) is 0 Å². The summed E-state index contributed by atoms with van der Waals surface area (Å²) in [6.45, 7) is 1.20. The summed E-state index contributed by atoms with van der Waals surface area (Å²) in [7, 11) is 3.98. The molecule has 3 aromatic carbocycles. The van der Waals surface area contributed by atoms with Crippen molar-refractivity contribution in [1.82, 2.24) is 19.1 Å². The van der Waals surface area contributed by atoms with Gasteiger partial charge in [0.05, 0.1) is 34.7 Å². The molecule has 0 radical (unpaired) electrons. The lowest BCUT2D eigenvalue weighted by Gasteiger charge is -2.19. The van der Waals surface area contributed by atoms with Crippen LogP contribution in [0, 0.1) is 0 Å². The highest BCUT2D eigenvalue weighted by Gasteiger charge is 2.12. The van der Waals surface area contributed by atoms with Gasteiger partial charge in [-0.2, -0.15) is 0 Å². The summed E-state index contributed by atoms with van der Waals surface area (Å²) in [5.74, 6) is 1.58. The zero-order chi connectivity index (χ0) is 22.1. The first-order chi connectivity index (χ1) is 15.6. The summed E-state index contributed by atoms with van der Waals surface area (Å²) < 4.78 is 16.2. The van der Waals surface area contributed by atoms with Crippen molar-refractivity contribution in [3.05, 3.63) is 71.7 Å². The first-order valence-electron chi connectivity index (χ1n) is 10.2. The second kappa shape index (κ2) is 8.55. The highest BCUT2D eigenvalue weighted by atomic mass is 79.9. The topological polar surface area (TPSA) is 66.1 Å². The minimum atomic E-state index is 0.595.